The number of rotatable bonds is 3. The molecule has 5 nitrogen and oxygen atoms in total. The van der Waals surface area contributed by atoms with Crippen LogP contribution in [0, 0.1) is 6.92 Å². The highest BCUT2D eigenvalue weighted by Gasteiger charge is 2.19. The quantitative estimate of drug-likeness (QED) is 0.555. The number of aromatic nitrogens is 2. The van der Waals surface area contributed by atoms with Gasteiger partial charge in [-0.15, -0.1) is 0 Å². The zero-order valence-corrected chi connectivity index (χ0v) is 10.9. The van der Waals surface area contributed by atoms with Crippen LogP contribution >= 0.6 is 0 Å². The van der Waals surface area contributed by atoms with Gasteiger partial charge in [0.25, 0.3) is 0 Å². The predicted molar refractivity (Wildman–Crippen MR) is 73.3 cm³/mol. The molecule has 0 fully saturated rings. The number of furan rings is 1. The second-order valence-corrected chi connectivity index (χ2v) is 4.67. The van der Waals surface area contributed by atoms with Gasteiger partial charge in [-0.05, 0) is 31.2 Å². The third kappa shape index (κ3) is 2.03. The molecule has 0 bridgehead atoms. The molecule has 0 saturated heterocycles. The SMILES string of the molecule is Cc1ccc2oc(C(NN)c3ccnn3C)cc2c1. The van der Waals surface area contributed by atoms with Gasteiger partial charge in [-0.25, -0.2) is 5.43 Å². The van der Waals surface area contributed by atoms with E-state index < -0.39 is 0 Å². The van der Waals surface area contributed by atoms with Gasteiger partial charge in [0.05, 0.1) is 5.69 Å². The smallest absolute Gasteiger partial charge is 0.134 e. The fraction of sp³-hybridized carbons (Fsp3) is 0.214. The highest BCUT2D eigenvalue weighted by Crippen LogP contribution is 2.28. The molecular weight excluding hydrogens is 240 g/mol. The number of nitrogens with zero attached hydrogens (tertiary/aromatic N) is 2. The summed E-state index contributed by atoms with van der Waals surface area (Å²) in [5.74, 6) is 6.45. The fourth-order valence-electron chi connectivity index (χ4n) is 2.31. The van der Waals surface area contributed by atoms with E-state index in [-0.39, 0.29) is 6.04 Å². The minimum absolute atomic E-state index is 0.208. The van der Waals surface area contributed by atoms with Gasteiger partial charge < -0.3 is 4.42 Å². The Kier molecular flexibility index (Phi) is 2.85. The number of hydrogen-bond acceptors (Lipinski definition) is 4. The Bertz CT molecular complexity index is 713. The summed E-state index contributed by atoms with van der Waals surface area (Å²) < 4.78 is 7.65. The maximum Gasteiger partial charge on any atom is 0.134 e. The predicted octanol–water partition coefficient (Wildman–Crippen LogP) is 2.03. The molecule has 0 aliphatic heterocycles. The van der Waals surface area contributed by atoms with Gasteiger partial charge in [-0.3, -0.25) is 10.5 Å². The first-order valence-electron chi connectivity index (χ1n) is 6.13. The third-order valence-electron chi connectivity index (χ3n) is 3.30. The van der Waals surface area contributed by atoms with Crippen molar-refractivity contribution in [2.24, 2.45) is 12.9 Å². The van der Waals surface area contributed by atoms with Crippen LogP contribution in [-0.4, -0.2) is 9.78 Å². The van der Waals surface area contributed by atoms with Crippen LogP contribution in [0.4, 0.5) is 0 Å². The molecule has 2 heterocycles. The first kappa shape index (κ1) is 12.0. The molecule has 3 N–H and O–H groups in total. The molecule has 5 heteroatoms. The fourth-order valence-corrected chi connectivity index (χ4v) is 2.31. The lowest BCUT2D eigenvalue weighted by atomic mass is 10.1. The summed E-state index contributed by atoms with van der Waals surface area (Å²) in [6.45, 7) is 2.06. The number of fused-ring (bicyclic) bond motifs is 1. The Labute approximate surface area is 111 Å². The molecule has 1 unspecified atom stereocenters. The molecule has 0 radical (unpaired) electrons. The van der Waals surface area contributed by atoms with E-state index in [1.54, 1.807) is 10.9 Å². The standard InChI is InChI=1S/C14H16N4O/c1-9-3-4-12-10(7-9)8-13(19-12)14(17-15)11-5-6-16-18(11)2/h3-8,14,17H,15H2,1-2H3. The maximum absolute atomic E-state index is 5.87. The molecule has 0 aliphatic rings. The van der Waals surface area contributed by atoms with Crippen LogP contribution in [0.25, 0.3) is 11.0 Å². The molecule has 3 rings (SSSR count). The number of nitrogens with two attached hydrogens (primary N) is 1. The van der Waals surface area contributed by atoms with Crippen LogP contribution in [0.5, 0.6) is 0 Å². The summed E-state index contributed by atoms with van der Waals surface area (Å²) in [6.07, 6.45) is 1.74. The van der Waals surface area contributed by atoms with Crippen LogP contribution in [-0.2, 0) is 7.05 Å². The molecule has 19 heavy (non-hydrogen) atoms. The molecule has 0 saturated carbocycles. The largest absolute Gasteiger partial charge is 0.459 e. The highest BCUT2D eigenvalue weighted by atomic mass is 16.3. The first-order valence-corrected chi connectivity index (χ1v) is 6.13. The number of benzene rings is 1. The van der Waals surface area contributed by atoms with Crippen LogP contribution in [0.3, 0.4) is 0 Å². The Morgan fingerprint density at radius 1 is 1.32 bits per heavy atom. The molecule has 98 valence electrons. The van der Waals surface area contributed by atoms with Crippen molar-refractivity contribution in [2.45, 2.75) is 13.0 Å². The van der Waals surface area contributed by atoms with Crippen molar-refractivity contribution < 1.29 is 4.42 Å². The van der Waals surface area contributed by atoms with Crippen LogP contribution in [0.2, 0.25) is 0 Å². The Hall–Kier alpha value is -2.11. The third-order valence-corrected chi connectivity index (χ3v) is 3.30. The summed E-state index contributed by atoms with van der Waals surface area (Å²) >= 11 is 0. The van der Waals surface area contributed by atoms with Gasteiger partial charge in [0.2, 0.25) is 0 Å². The minimum Gasteiger partial charge on any atom is -0.459 e. The Balaban J connectivity index is 2.09. The van der Waals surface area contributed by atoms with Crippen molar-refractivity contribution in [3.63, 3.8) is 0 Å². The Morgan fingerprint density at radius 3 is 2.84 bits per heavy atom. The van der Waals surface area contributed by atoms with Crippen LogP contribution < -0.4 is 11.3 Å². The topological polar surface area (TPSA) is 69.0 Å². The Morgan fingerprint density at radius 2 is 2.16 bits per heavy atom. The summed E-state index contributed by atoms with van der Waals surface area (Å²) in [6, 6.07) is 9.83. The molecular formula is C14H16N4O. The molecule has 3 aromatic rings. The maximum atomic E-state index is 5.87. The second-order valence-electron chi connectivity index (χ2n) is 4.67. The first-order chi connectivity index (χ1) is 9.19. The van der Waals surface area contributed by atoms with Gasteiger partial charge in [-0.2, -0.15) is 5.10 Å². The van der Waals surface area contributed by atoms with Crippen molar-refractivity contribution in [1.29, 1.82) is 0 Å². The number of hydrazine groups is 1. The van der Waals surface area contributed by atoms with Gasteiger partial charge in [-0.1, -0.05) is 11.6 Å². The molecule has 0 spiro atoms. The monoisotopic (exact) mass is 256 g/mol. The average Bonchev–Trinajstić information content (AvgIpc) is 2.97. The number of nitrogens with one attached hydrogen (secondary N) is 1. The molecule has 1 atom stereocenters. The van der Waals surface area contributed by atoms with E-state index in [1.807, 2.05) is 31.3 Å². The van der Waals surface area contributed by atoms with E-state index in [1.165, 1.54) is 5.56 Å². The van der Waals surface area contributed by atoms with E-state index in [4.69, 9.17) is 10.3 Å². The van der Waals surface area contributed by atoms with Crippen molar-refractivity contribution in [2.75, 3.05) is 0 Å². The second kappa shape index (κ2) is 4.53. The summed E-state index contributed by atoms with van der Waals surface area (Å²) in [5, 5.41) is 5.24. The lowest BCUT2D eigenvalue weighted by molar-refractivity contribution is 0.459. The average molecular weight is 256 g/mol. The lowest BCUT2D eigenvalue weighted by Crippen LogP contribution is -2.30. The van der Waals surface area contributed by atoms with E-state index in [0.29, 0.717) is 0 Å². The van der Waals surface area contributed by atoms with Gasteiger partial charge >= 0.3 is 0 Å². The minimum atomic E-state index is -0.208. The zero-order valence-electron chi connectivity index (χ0n) is 10.9. The van der Waals surface area contributed by atoms with Gasteiger partial charge in [0.15, 0.2) is 0 Å². The number of hydrogen-bond donors (Lipinski definition) is 2. The van der Waals surface area contributed by atoms with Gasteiger partial charge in [0, 0.05) is 18.6 Å². The number of aryl methyl sites for hydroxylation is 2. The zero-order chi connectivity index (χ0) is 13.4. The van der Waals surface area contributed by atoms with Crippen molar-refractivity contribution >= 4 is 11.0 Å². The molecule has 2 aromatic heterocycles. The molecule has 0 amide bonds. The molecule has 1 aromatic carbocycles. The summed E-state index contributed by atoms with van der Waals surface area (Å²) in [7, 11) is 1.88. The lowest BCUT2D eigenvalue weighted by Gasteiger charge is -2.13. The van der Waals surface area contributed by atoms with Gasteiger partial charge in [0.1, 0.15) is 17.4 Å². The normalized spacial score (nSPS) is 13.0. The summed E-state index contributed by atoms with van der Waals surface area (Å²) in [4.78, 5) is 0. The summed E-state index contributed by atoms with van der Waals surface area (Å²) in [5.41, 5.74) is 5.81. The van der Waals surface area contributed by atoms with E-state index >= 15 is 0 Å². The van der Waals surface area contributed by atoms with E-state index in [2.05, 4.69) is 23.5 Å². The van der Waals surface area contributed by atoms with E-state index in [0.717, 1.165) is 22.4 Å². The van der Waals surface area contributed by atoms with Crippen LogP contribution in [0.15, 0.2) is 40.9 Å². The molecule has 0 aliphatic carbocycles. The highest BCUT2D eigenvalue weighted by molar-refractivity contribution is 5.78. The van der Waals surface area contributed by atoms with Crippen molar-refractivity contribution in [1.82, 2.24) is 15.2 Å². The van der Waals surface area contributed by atoms with Crippen molar-refractivity contribution in [3.8, 4) is 0 Å². The van der Waals surface area contributed by atoms with Crippen molar-refractivity contribution in [3.05, 3.63) is 53.5 Å². The van der Waals surface area contributed by atoms with E-state index in [9.17, 15) is 0 Å². The van der Waals surface area contributed by atoms with Crippen LogP contribution in [0.1, 0.15) is 23.1 Å².